The van der Waals surface area contributed by atoms with Crippen molar-refractivity contribution in [1.29, 1.82) is 0 Å². The normalized spacial score (nSPS) is 21.6. The highest BCUT2D eigenvalue weighted by molar-refractivity contribution is 6.54. The second-order valence-electron chi connectivity index (χ2n) is 5.18. The van der Waals surface area contributed by atoms with Crippen LogP contribution in [0, 0.1) is 0 Å². The van der Waals surface area contributed by atoms with Gasteiger partial charge in [-0.25, -0.2) is 0 Å². The van der Waals surface area contributed by atoms with Crippen LogP contribution in [-0.4, -0.2) is 22.6 Å². The summed E-state index contributed by atoms with van der Waals surface area (Å²) in [6, 6.07) is 6.91. The molecule has 0 aliphatic carbocycles. The van der Waals surface area contributed by atoms with Crippen LogP contribution in [0.25, 0.3) is 0 Å². The summed E-state index contributed by atoms with van der Waals surface area (Å²) in [6.07, 6.45) is 1.38. The second-order valence-corrected chi connectivity index (χ2v) is 6.28. The molecular weight excluding hydrogens is 327 g/mol. The maximum absolute atomic E-state index is 12.3. The van der Waals surface area contributed by atoms with Crippen LogP contribution in [0.4, 0.5) is 5.69 Å². The van der Waals surface area contributed by atoms with Crippen molar-refractivity contribution < 1.29 is 14.4 Å². The number of amides is 3. The molecule has 0 radical (unpaired) electrons. The number of imide groups is 1. The number of carbonyl (C=O) groups is 3. The fourth-order valence-electron chi connectivity index (χ4n) is 2.64. The first kappa shape index (κ1) is 16.8. The van der Waals surface area contributed by atoms with Gasteiger partial charge in [-0.1, -0.05) is 42.3 Å². The van der Waals surface area contributed by atoms with Gasteiger partial charge in [0.1, 0.15) is 0 Å². The lowest BCUT2D eigenvalue weighted by atomic mass is 9.72. The summed E-state index contributed by atoms with van der Waals surface area (Å²) in [5.74, 6) is -1.03. The Morgan fingerprint density at radius 1 is 1.32 bits per heavy atom. The summed E-state index contributed by atoms with van der Waals surface area (Å²) >= 11 is 11.0. The molecule has 5 nitrogen and oxygen atoms in total. The third kappa shape index (κ3) is 3.25. The standard InChI is InChI=1S/C15H16Cl2N2O3/c1-2-15(8-7-11(20)19-14(15)22)9-3-5-10(6-4-9)18-13(21)12(16)17/h3-6,12H,2,7-8H2,1H3,(H,18,21)(H,19,20,22). The summed E-state index contributed by atoms with van der Waals surface area (Å²) in [5.41, 5.74) is 0.641. The van der Waals surface area contributed by atoms with Gasteiger partial charge in [0, 0.05) is 12.1 Å². The van der Waals surface area contributed by atoms with Crippen molar-refractivity contribution in [3.05, 3.63) is 29.8 Å². The number of anilines is 1. The quantitative estimate of drug-likeness (QED) is 0.652. The molecule has 1 heterocycles. The average Bonchev–Trinajstić information content (AvgIpc) is 2.49. The molecule has 22 heavy (non-hydrogen) atoms. The molecule has 1 aromatic rings. The molecule has 3 amide bonds. The zero-order valence-electron chi connectivity index (χ0n) is 12.0. The Bertz CT molecular complexity index is 601. The number of benzene rings is 1. The zero-order chi connectivity index (χ0) is 16.3. The molecule has 7 heteroatoms. The highest BCUT2D eigenvalue weighted by Gasteiger charge is 2.42. The van der Waals surface area contributed by atoms with Crippen LogP contribution in [0.2, 0.25) is 0 Å². The summed E-state index contributed by atoms with van der Waals surface area (Å²) < 4.78 is 0. The lowest BCUT2D eigenvalue weighted by molar-refractivity contribution is -0.138. The summed E-state index contributed by atoms with van der Waals surface area (Å²) in [6.45, 7) is 1.91. The van der Waals surface area contributed by atoms with Crippen LogP contribution in [0.1, 0.15) is 31.7 Å². The molecule has 1 aromatic carbocycles. The van der Waals surface area contributed by atoms with E-state index in [1.165, 1.54) is 0 Å². The van der Waals surface area contributed by atoms with Crippen LogP contribution >= 0.6 is 23.2 Å². The maximum Gasteiger partial charge on any atom is 0.257 e. The topological polar surface area (TPSA) is 75.3 Å². The van der Waals surface area contributed by atoms with Gasteiger partial charge in [-0.3, -0.25) is 19.7 Å². The largest absolute Gasteiger partial charge is 0.324 e. The average molecular weight is 343 g/mol. The number of hydrogen-bond acceptors (Lipinski definition) is 3. The molecule has 1 aliphatic rings. The Labute approximate surface area is 138 Å². The SMILES string of the molecule is CCC1(c2ccc(NC(=O)C(Cl)Cl)cc2)CCC(=O)NC1=O. The number of carbonyl (C=O) groups excluding carboxylic acids is 3. The van der Waals surface area contributed by atoms with Gasteiger partial charge in [0.05, 0.1) is 5.41 Å². The predicted molar refractivity (Wildman–Crippen MR) is 84.9 cm³/mol. The molecular formula is C15H16Cl2N2O3. The fraction of sp³-hybridized carbons (Fsp3) is 0.400. The van der Waals surface area contributed by atoms with Crippen molar-refractivity contribution >= 4 is 46.6 Å². The van der Waals surface area contributed by atoms with E-state index in [2.05, 4.69) is 10.6 Å². The van der Waals surface area contributed by atoms with Crippen LogP contribution in [0.5, 0.6) is 0 Å². The molecule has 1 fully saturated rings. The van der Waals surface area contributed by atoms with Crippen molar-refractivity contribution in [2.45, 2.75) is 36.4 Å². The maximum atomic E-state index is 12.3. The van der Waals surface area contributed by atoms with E-state index in [4.69, 9.17) is 23.2 Å². The Kier molecular flexibility index (Phi) is 5.08. The van der Waals surface area contributed by atoms with E-state index < -0.39 is 16.2 Å². The van der Waals surface area contributed by atoms with Gasteiger partial charge in [-0.2, -0.15) is 0 Å². The van der Waals surface area contributed by atoms with Gasteiger partial charge in [0.15, 0.2) is 4.84 Å². The smallest absolute Gasteiger partial charge is 0.257 e. The van der Waals surface area contributed by atoms with Crippen LogP contribution < -0.4 is 10.6 Å². The minimum absolute atomic E-state index is 0.242. The lowest BCUT2D eigenvalue weighted by Gasteiger charge is -2.35. The first-order valence-corrected chi connectivity index (χ1v) is 7.80. The second kappa shape index (κ2) is 6.67. The van der Waals surface area contributed by atoms with Gasteiger partial charge in [-0.05, 0) is 30.5 Å². The number of piperidine rings is 1. The number of halogens is 2. The molecule has 0 spiro atoms. The van der Waals surface area contributed by atoms with Gasteiger partial charge < -0.3 is 5.32 Å². The van der Waals surface area contributed by atoms with Crippen molar-refractivity contribution in [2.75, 3.05) is 5.32 Å². The van der Waals surface area contributed by atoms with E-state index in [1.807, 2.05) is 6.92 Å². The molecule has 118 valence electrons. The van der Waals surface area contributed by atoms with Crippen molar-refractivity contribution in [3.8, 4) is 0 Å². The lowest BCUT2D eigenvalue weighted by Crippen LogP contribution is -2.51. The number of alkyl halides is 2. The first-order valence-electron chi connectivity index (χ1n) is 6.93. The highest BCUT2D eigenvalue weighted by Crippen LogP contribution is 2.36. The minimum atomic E-state index is -1.14. The predicted octanol–water partition coefficient (Wildman–Crippen LogP) is 2.51. The third-order valence-electron chi connectivity index (χ3n) is 3.97. The fourth-order valence-corrected chi connectivity index (χ4v) is 2.74. The molecule has 1 atom stereocenters. The Hall–Kier alpha value is -1.59. The first-order chi connectivity index (χ1) is 10.4. The Morgan fingerprint density at radius 3 is 2.45 bits per heavy atom. The molecule has 0 aromatic heterocycles. The molecule has 1 unspecified atom stereocenters. The van der Waals surface area contributed by atoms with Crippen molar-refractivity contribution in [2.24, 2.45) is 0 Å². The minimum Gasteiger partial charge on any atom is -0.324 e. The summed E-state index contributed by atoms with van der Waals surface area (Å²) in [5, 5.41) is 4.96. The van der Waals surface area contributed by atoms with Gasteiger partial charge >= 0.3 is 0 Å². The monoisotopic (exact) mass is 342 g/mol. The number of hydrogen-bond donors (Lipinski definition) is 2. The molecule has 1 saturated heterocycles. The number of rotatable bonds is 4. The molecule has 2 rings (SSSR count). The van der Waals surface area contributed by atoms with E-state index in [9.17, 15) is 14.4 Å². The summed E-state index contributed by atoms with van der Waals surface area (Å²) in [7, 11) is 0. The Balaban J connectivity index is 2.23. The zero-order valence-corrected chi connectivity index (χ0v) is 13.5. The third-order valence-corrected chi connectivity index (χ3v) is 4.37. The molecule has 0 saturated carbocycles. The van der Waals surface area contributed by atoms with Crippen LogP contribution in [0.3, 0.4) is 0 Å². The van der Waals surface area contributed by atoms with E-state index >= 15 is 0 Å². The van der Waals surface area contributed by atoms with E-state index in [0.29, 0.717) is 24.9 Å². The van der Waals surface area contributed by atoms with E-state index in [-0.39, 0.29) is 11.8 Å². The Morgan fingerprint density at radius 2 is 1.95 bits per heavy atom. The molecule has 0 bridgehead atoms. The highest BCUT2D eigenvalue weighted by atomic mass is 35.5. The molecule has 2 N–H and O–H groups in total. The van der Waals surface area contributed by atoms with Crippen molar-refractivity contribution in [1.82, 2.24) is 5.32 Å². The molecule has 1 aliphatic heterocycles. The summed E-state index contributed by atoms with van der Waals surface area (Å²) in [4.78, 5) is 33.9. The van der Waals surface area contributed by atoms with E-state index in [1.54, 1.807) is 24.3 Å². The van der Waals surface area contributed by atoms with E-state index in [0.717, 1.165) is 5.56 Å². The van der Waals surface area contributed by atoms with Gasteiger partial charge in [0.25, 0.3) is 5.91 Å². The van der Waals surface area contributed by atoms with Crippen LogP contribution in [0.15, 0.2) is 24.3 Å². The van der Waals surface area contributed by atoms with Gasteiger partial charge in [0.2, 0.25) is 11.8 Å². The van der Waals surface area contributed by atoms with Crippen molar-refractivity contribution in [3.63, 3.8) is 0 Å². The van der Waals surface area contributed by atoms with Gasteiger partial charge in [-0.15, -0.1) is 0 Å². The van der Waals surface area contributed by atoms with Crippen LogP contribution in [-0.2, 0) is 19.8 Å². The number of nitrogens with one attached hydrogen (secondary N) is 2.